The predicted octanol–water partition coefficient (Wildman–Crippen LogP) is -4.18. The van der Waals surface area contributed by atoms with Gasteiger partial charge in [-0.15, -0.1) is 4.89 Å². The zero-order valence-corrected chi connectivity index (χ0v) is 12.1. The Bertz CT molecular complexity index is 796. The van der Waals surface area contributed by atoms with E-state index in [-0.39, 0.29) is 0 Å². The van der Waals surface area contributed by atoms with E-state index in [9.17, 15) is 35.5 Å². The van der Waals surface area contributed by atoms with Crippen molar-refractivity contribution in [2.75, 3.05) is 6.61 Å². The van der Waals surface area contributed by atoms with Crippen LogP contribution in [0.5, 0.6) is 0 Å². The molecule has 0 aliphatic carbocycles. The molecule has 2 unspecified atom stereocenters. The lowest BCUT2D eigenvalue weighted by molar-refractivity contribution is -0.517. The largest absolute Gasteiger partial charge is 0.431 e. The van der Waals surface area contributed by atoms with Crippen molar-refractivity contribution >= 4 is 31.2 Å². The van der Waals surface area contributed by atoms with Crippen LogP contribution in [0.2, 0.25) is 0 Å². The van der Waals surface area contributed by atoms with Gasteiger partial charge >= 0.3 is 43.1 Å². The Morgan fingerprint density at radius 1 is 0.773 bits per heavy atom. The van der Waals surface area contributed by atoms with Crippen LogP contribution in [0.1, 0.15) is 0 Å². The van der Waals surface area contributed by atoms with Crippen molar-refractivity contribution in [2.24, 2.45) is 0 Å². The summed E-state index contributed by atoms with van der Waals surface area (Å²) in [6.07, 6.45) is 0. The van der Waals surface area contributed by atoms with Crippen molar-refractivity contribution in [1.29, 1.82) is 0 Å². The minimum Gasteiger partial charge on any atom is -0.393 e. The van der Waals surface area contributed by atoms with Crippen LogP contribution < -0.4 is 0 Å². The maximum Gasteiger partial charge on any atom is 0.431 e. The van der Waals surface area contributed by atoms with Crippen LogP contribution in [-0.2, 0) is 61.3 Å². The second-order valence-electron chi connectivity index (χ2n) is 3.92. The smallest absolute Gasteiger partial charge is 0.393 e. The van der Waals surface area contributed by atoms with Crippen LogP contribution >= 0.6 is 0 Å². The molecule has 3 aliphatic heterocycles. The summed E-state index contributed by atoms with van der Waals surface area (Å²) in [5.41, 5.74) is -3.38. The van der Waals surface area contributed by atoms with Gasteiger partial charge in [0.25, 0.3) is 5.60 Å². The van der Waals surface area contributed by atoms with Crippen LogP contribution in [0.3, 0.4) is 0 Å². The quantitative estimate of drug-likeness (QED) is 0.408. The highest BCUT2D eigenvalue weighted by Gasteiger charge is 2.87. The van der Waals surface area contributed by atoms with Gasteiger partial charge in [-0.05, 0) is 0 Å². The molecule has 0 aromatic heterocycles. The molecular formula is C4H4O15S3. The maximum absolute atomic E-state index is 11.3. The lowest BCUT2D eigenvalue weighted by Gasteiger charge is -2.45. The SMILES string of the molecule is O=S1(=O)OOC2(OS(=O)(=O)O2)C2(CO)OS(=O)(=O)OC2(O)O1. The first-order valence-electron chi connectivity index (χ1n) is 4.78. The van der Waals surface area contributed by atoms with Crippen molar-refractivity contribution in [3.63, 3.8) is 0 Å². The van der Waals surface area contributed by atoms with Gasteiger partial charge in [-0.25, -0.2) is 4.18 Å². The molecule has 22 heavy (non-hydrogen) atoms. The Kier molecular flexibility index (Phi) is 3.06. The first kappa shape index (κ1) is 16.4. The third kappa shape index (κ3) is 2.02. The van der Waals surface area contributed by atoms with Gasteiger partial charge in [-0.3, -0.25) is 0 Å². The molecule has 128 valence electrons. The molecule has 0 bridgehead atoms. The molecular weight excluding hydrogens is 384 g/mol. The summed E-state index contributed by atoms with van der Waals surface area (Å²) in [6.45, 7) is -1.68. The summed E-state index contributed by atoms with van der Waals surface area (Å²) in [5, 5.41) is 19.3. The van der Waals surface area contributed by atoms with Crippen molar-refractivity contribution in [1.82, 2.24) is 0 Å². The number of rotatable bonds is 1. The van der Waals surface area contributed by atoms with E-state index in [1.165, 1.54) is 0 Å². The first-order valence-corrected chi connectivity index (χ1v) is 8.78. The number of aliphatic hydroxyl groups excluding tert-OH is 1. The van der Waals surface area contributed by atoms with E-state index >= 15 is 0 Å². The third-order valence-corrected chi connectivity index (χ3v) is 4.98. The van der Waals surface area contributed by atoms with Gasteiger partial charge in [0.15, 0.2) is 0 Å². The Morgan fingerprint density at radius 2 is 1.27 bits per heavy atom. The van der Waals surface area contributed by atoms with Gasteiger partial charge in [0.2, 0.25) is 0 Å². The molecule has 1 spiro atoms. The zero-order chi connectivity index (χ0) is 16.7. The van der Waals surface area contributed by atoms with Crippen LogP contribution in [0, 0.1) is 0 Å². The lowest BCUT2D eigenvalue weighted by atomic mass is 9.99. The van der Waals surface area contributed by atoms with E-state index < -0.39 is 55.4 Å². The van der Waals surface area contributed by atoms with E-state index in [2.05, 4.69) is 30.1 Å². The van der Waals surface area contributed by atoms with Crippen molar-refractivity contribution in [2.45, 2.75) is 17.5 Å². The number of hydrogen-bond acceptors (Lipinski definition) is 15. The van der Waals surface area contributed by atoms with Gasteiger partial charge in [0, 0.05) is 0 Å². The molecule has 0 radical (unpaired) electrons. The molecule has 3 fully saturated rings. The Hall–Kier alpha value is -0.510. The summed E-state index contributed by atoms with van der Waals surface area (Å²) in [6, 6.07) is 0. The third-order valence-electron chi connectivity index (χ3n) is 2.55. The van der Waals surface area contributed by atoms with E-state index in [0.29, 0.717) is 0 Å². The molecule has 0 aromatic carbocycles. The minimum atomic E-state index is -5.32. The van der Waals surface area contributed by atoms with Gasteiger partial charge in [-0.1, -0.05) is 4.33 Å². The zero-order valence-electron chi connectivity index (χ0n) is 9.63. The molecule has 18 heteroatoms. The molecule has 3 saturated heterocycles. The molecule has 2 atom stereocenters. The summed E-state index contributed by atoms with van der Waals surface area (Å²) >= 11 is 0. The summed E-state index contributed by atoms with van der Waals surface area (Å²) in [4.78, 5) is 4.02. The van der Waals surface area contributed by atoms with Gasteiger partial charge in [0.05, 0.1) is 6.61 Å². The number of hydrogen-bond donors (Lipinski definition) is 2. The Balaban J connectivity index is 2.24. The van der Waals surface area contributed by atoms with E-state index in [1.807, 2.05) is 0 Å². The average Bonchev–Trinajstić information content (AvgIpc) is 2.45. The second-order valence-corrected chi connectivity index (χ2v) is 7.33. The predicted molar refractivity (Wildman–Crippen MR) is 51.9 cm³/mol. The average molecular weight is 388 g/mol. The number of fused-ring (bicyclic) bond motifs is 2. The normalized spacial score (nSPS) is 43.9. The van der Waals surface area contributed by atoms with Crippen LogP contribution in [0.4, 0.5) is 0 Å². The van der Waals surface area contributed by atoms with Gasteiger partial charge in [-0.2, -0.15) is 42.0 Å². The summed E-state index contributed by atoms with van der Waals surface area (Å²) in [5.74, 6) is -7.27. The Labute approximate surface area is 121 Å². The van der Waals surface area contributed by atoms with Crippen molar-refractivity contribution in [3.8, 4) is 0 Å². The van der Waals surface area contributed by atoms with E-state index in [0.717, 1.165) is 0 Å². The molecule has 2 N–H and O–H groups in total. The molecule has 15 nitrogen and oxygen atoms in total. The summed E-state index contributed by atoms with van der Waals surface area (Å²) in [7, 11) is -15.3. The van der Waals surface area contributed by atoms with Crippen molar-refractivity contribution < 1.29 is 65.6 Å². The van der Waals surface area contributed by atoms with Crippen LogP contribution in [0.25, 0.3) is 0 Å². The van der Waals surface area contributed by atoms with Crippen LogP contribution in [0.15, 0.2) is 0 Å². The molecule has 0 amide bonds. The highest BCUT2D eigenvalue weighted by Crippen LogP contribution is 2.55. The molecule has 0 saturated carbocycles. The van der Waals surface area contributed by atoms with Crippen LogP contribution in [-0.4, -0.2) is 59.6 Å². The molecule has 0 aromatic rings. The molecule has 3 aliphatic rings. The maximum atomic E-state index is 11.3. The standard InChI is InChI=1S/C4H4O15S3/c5-1-2-3(6,15-20(7,8)14-2)16-22(11,12)19-13-4(2)17-21(9,10)18-4/h5-6H,1H2. The van der Waals surface area contributed by atoms with Gasteiger partial charge < -0.3 is 10.2 Å². The van der Waals surface area contributed by atoms with Crippen molar-refractivity contribution in [3.05, 3.63) is 0 Å². The highest BCUT2D eigenvalue weighted by molar-refractivity contribution is 7.83. The minimum absolute atomic E-state index is 1.68. The van der Waals surface area contributed by atoms with Gasteiger partial charge in [0.1, 0.15) is 0 Å². The fourth-order valence-electron chi connectivity index (χ4n) is 1.74. The summed E-state index contributed by atoms with van der Waals surface area (Å²) < 4.78 is 90.8. The number of aliphatic hydroxyl groups is 2. The fraction of sp³-hybridized carbons (Fsp3) is 1.00. The molecule has 3 rings (SSSR count). The lowest BCUT2D eigenvalue weighted by Crippen LogP contribution is -2.75. The molecule has 3 heterocycles. The fourth-order valence-corrected chi connectivity index (χ4v) is 4.39. The first-order chi connectivity index (χ1) is 9.80. The van der Waals surface area contributed by atoms with E-state index in [4.69, 9.17) is 0 Å². The second kappa shape index (κ2) is 4.12. The highest BCUT2D eigenvalue weighted by atomic mass is 32.3. The Morgan fingerprint density at radius 3 is 1.77 bits per heavy atom. The monoisotopic (exact) mass is 388 g/mol. The topological polar surface area (TPSA) is 207 Å². The van der Waals surface area contributed by atoms with E-state index in [1.54, 1.807) is 0 Å².